The molecule has 0 aliphatic heterocycles. The van der Waals surface area contributed by atoms with Crippen molar-refractivity contribution in [1.82, 2.24) is 10.0 Å². The maximum atomic E-state index is 13.2. The van der Waals surface area contributed by atoms with E-state index in [2.05, 4.69) is 10.0 Å². The molecular weight excluding hydrogens is 471 g/mol. The summed E-state index contributed by atoms with van der Waals surface area (Å²) in [6, 6.07) is 17.0. The Morgan fingerprint density at radius 3 is 2.37 bits per heavy atom. The maximum Gasteiger partial charge on any atom is 0.326 e. The van der Waals surface area contributed by atoms with Crippen molar-refractivity contribution in [3.8, 4) is 0 Å². The zero-order valence-electron chi connectivity index (χ0n) is 18.5. The van der Waals surface area contributed by atoms with Gasteiger partial charge in [-0.15, -0.1) is 0 Å². The zero-order chi connectivity index (χ0) is 25.0. The second-order valence-electron chi connectivity index (χ2n) is 8.16. The van der Waals surface area contributed by atoms with E-state index < -0.39 is 39.8 Å². The largest absolute Gasteiger partial charge is 0.480 e. The molecule has 0 bridgehead atoms. The highest BCUT2D eigenvalue weighted by Gasteiger charge is 2.26. The molecule has 4 rings (SSSR count). The van der Waals surface area contributed by atoms with E-state index >= 15 is 0 Å². The fourth-order valence-electron chi connectivity index (χ4n) is 3.98. The van der Waals surface area contributed by atoms with Gasteiger partial charge >= 0.3 is 5.97 Å². The van der Waals surface area contributed by atoms with Crippen LogP contribution in [0.25, 0.3) is 6.08 Å². The molecule has 3 N–H and O–H groups in total. The second-order valence-corrected chi connectivity index (χ2v) is 9.87. The van der Waals surface area contributed by atoms with Crippen molar-refractivity contribution in [2.45, 2.75) is 29.8 Å². The summed E-state index contributed by atoms with van der Waals surface area (Å²) in [5.74, 6) is -2.12. The van der Waals surface area contributed by atoms with Gasteiger partial charge < -0.3 is 10.4 Å². The number of rotatable bonds is 9. The molecule has 3 aromatic carbocycles. The van der Waals surface area contributed by atoms with Crippen LogP contribution in [0, 0.1) is 5.82 Å². The minimum Gasteiger partial charge on any atom is -0.480 e. The lowest BCUT2D eigenvalue weighted by molar-refractivity contribution is -0.141. The predicted octanol–water partition coefficient (Wildman–Crippen LogP) is 3.23. The fraction of sp³-hybridized carbons (Fsp3) is 0.154. The number of fused-ring (bicyclic) bond motifs is 1. The van der Waals surface area contributed by atoms with Crippen molar-refractivity contribution in [2.75, 3.05) is 0 Å². The van der Waals surface area contributed by atoms with E-state index in [9.17, 15) is 27.5 Å². The average molecular weight is 495 g/mol. The third kappa shape index (κ3) is 5.82. The van der Waals surface area contributed by atoms with Gasteiger partial charge in [0, 0.05) is 6.42 Å². The summed E-state index contributed by atoms with van der Waals surface area (Å²) in [6.45, 7) is 0. The van der Waals surface area contributed by atoms with Crippen molar-refractivity contribution in [3.63, 3.8) is 0 Å². The minimum absolute atomic E-state index is 0.0607. The molecule has 0 heterocycles. The highest BCUT2D eigenvalue weighted by molar-refractivity contribution is 7.89. The minimum atomic E-state index is -3.91. The number of carboxylic acid groups (broad SMARTS) is 1. The number of hydrogen-bond donors (Lipinski definition) is 3. The smallest absolute Gasteiger partial charge is 0.326 e. The lowest BCUT2D eigenvalue weighted by atomic mass is 9.99. The Balaban J connectivity index is 1.46. The summed E-state index contributed by atoms with van der Waals surface area (Å²) >= 11 is 0. The van der Waals surface area contributed by atoms with Crippen molar-refractivity contribution in [3.05, 3.63) is 107 Å². The number of benzene rings is 3. The lowest BCUT2D eigenvalue weighted by Gasteiger charge is -2.17. The standard InChI is InChI=1S/C26H23FN2O5S/c27-19-9-11-20(12-10-19)35(33,34)29-23-14-13-21-18(7-4-8-22(21)23)16-25(30)28-24(26(31)32)15-17-5-2-1-3-6-17/h1-14,23-24,29H,15-16H2,(H,28,30)(H,31,32)/t23?,24-/m1/s1. The monoisotopic (exact) mass is 494 g/mol. The number of amides is 1. The van der Waals surface area contributed by atoms with Crippen LogP contribution in [0.2, 0.25) is 0 Å². The van der Waals surface area contributed by atoms with Crippen LogP contribution in [0.5, 0.6) is 0 Å². The zero-order valence-corrected chi connectivity index (χ0v) is 19.3. The van der Waals surface area contributed by atoms with E-state index in [1.54, 1.807) is 54.6 Å². The van der Waals surface area contributed by atoms with Gasteiger partial charge in [0.1, 0.15) is 11.9 Å². The molecule has 0 aromatic heterocycles. The van der Waals surface area contributed by atoms with Crippen LogP contribution in [-0.4, -0.2) is 31.4 Å². The molecule has 1 amide bonds. The molecule has 0 saturated carbocycles. The first-order valence-electron chi connectivity index (χ1n) is 10.9. The highest BCUT2D eigenvalue weighted by Crippen LogP contribution is 2.32. The van der Waals surface area contributed by atoms with Gasteiger partial charge in [-0.25, -0.2) is 17.6 Å². The van der Waals surface area contributed by atoms with Crippen LogP contribution in [-0.2, 0) is 32.5 Å². The maximum absolute atomic E-state index is 13.2. The number of carbonyl (C=O) groups is 2. The van der Waals surface area contributed by atoms with Gasteiger partial charge in [0.05, 0.1) is 17.4 Å². The Hall–Kier alpha value is -3.82. The number of hydrogen-bond acceptors (Lipinski definition) is 4. The molecule has 1 unspecified atom stereocenters. The third-order valence-electron chi connectivity index (χ3n) is 5.69. The summed E-state index contributed by atoms with van der Waals surface area (Å²) < 4.78 is 41.2. The van der Waals surface area contributed by atoms with Gasteiger partial charge in [0.15, 0.2) is 0 Å². The number of sulfonamides is 1. The lowest BCUT2D eigenvalue weighted by Crippen LogP contribution is -2.43. The SMILES string of the molecule is O=C(Cc1cccc2c1C=CC2NS(=O)(=O)c1ccc(F)cc1)N[C@H](Cc1ccccc1)C(=O)O. The Kier molecular flexibility index (Phi) is 7.09. The summed E-state index contributed by atoms with van der Waals surface area (Å²) in [4.78, 5) is 24.3. The van der Waals surface area contributed by atoms with Crippen LogP contribution >= 0.6 is 0 Å². The van der Waals surface area contributed by atoms with Gasteiger partial charge in [0.25, 0.3) is 0 Å². The quantitative estimate of drug-likeness (QED) is 0.423. The van der Waals surface area contributed by atoms with E-state index in [0.29, 0.717) is 16.7 Å². The Morgan fingerprint density at radius 1 is 0.971 bits per heavy atom. The number of halogens is 1. The molecular formula is C26H23FN2O5S. The molecule has 0 saturated heterocycles. The second kappa shape index (κ2) is 10.2. The van der Waals surface area contributed by atoms with Crippen LogP contribution in [0.15, 0.2) is 83.8 Å². The van der Waals surface area contributed by atoms with Crippen molar-refractivity contribution in [1.29, 1.82) is 0 Å². The van der Waals surface area contributed by atoms with E-state index in [1.165, 1.54) is 12.1 Å². The molecule has 1 aliphatic carbocycles. The van der Waals surface area contributed by atoms with Crippen molar-refractivity contribution in [2.24, 2.45) is 0 Å². The van der Waals surface area contributed by atoms with Gasteiger partial charge in [0.2, 0.25) is 15.9 Å². The van der Waals surface area contributed by atoms with Crippen LogP contribution in [0.1, 0.15) is 28.3 Å². The molecule has 3 aromatic rings. The first-order valence-corrected chi connectivity index (χ1v) is 12.4. The van der Waals surface area contributed by atoms with E-state index in [-0.39, 0.29) is 17.7 Å². The third-order valence-corrected chi connectivity index (χ3v) is 7.15. The molecule has 0 fully saturated rings. The molecule has 35 heavy (non-hydrogen) atoms. The van der Waals surface area contributed by atoms with Crippen LogP contribution < -0.4 is 10.0 Å². The number of carbonyl (C=O) groups excluding carboxylic acids is 1. The van der Waals surface area contributed by atoms with E-state index in [4.69, 9.17) is 0 Å². The molecule has 7 nitrogen and oxygen atoms in total. The Bertz CT molecular complexity index is 1370. The number of carboxylic acids is 1. The molecule has 180 valence electrons. The van der Waals surface area contributed by atoms with E-state index in [0.717, 1.165) is 17.7 Å². The van der Waals surface area contributed by atoms with Gasteiger partial charge in [-0.2, -0.15) is 4.72 Å². The number of nitrogens with one attached hydrogen (secondary N) is 2. The van der Waals surface area contributed by atoms with E-state index in [1.807, 2.05) is 6.07 Å². The highest BCUT2D eigenvalue weighted by atomic mass is 32.2. The molecule has 0 spiro atoms. The summed E-state index contributed by atoms with van der Waals surface area (Å²) in [5, 5.41) is 12.1. The Labute approximate surface area is 202 Å². The molecule has 2 atom stereocenters. The normalized spacial score (nSPS) is 15.4. The van der Waals surface area contributed by atoms with Gasteiger partial charge in [-0.05, 0) is 46.5 Å². The van der Waals surface area contributed by atoms with Crippen molar-refractivity contribution >= 4 is 28.0 Å². The van der Waals surface area contributed by atoms with Gasteiger partial charge in [-0.3, -0.25) is 4.79 Å². The average Bonchev–Trinajstić information content (AvgIpc) is 3.22. The summed E-state index contributed by atoms with van der Waals surface area (Å²) in [5.41, 5.74) is 2.80. The predicted molar refractivity (Wildman–Crippen MR) is 128 cm³/mol. The Morgan fingerprint density at radius 2 is 1.69 bits per heavy atom. The topological polar surface area (TPSA) is 113 Å². The summed E-state index contributed by atoms with van der Waals surface area (Å²) in [6.07, 6.45) is 3.49. The first kappa shape index (κ1) is 24.3. The molecule has 0 radical (unpaired) electrons. The fourth-order valence-corrected chi connectivity index (χ4v) is 5.15. The van der Waals surface area contributed by atoms with Gasteiger partial charge in [-0.1, -0.05) is 60.7 Å². The van der Waals surface area contributed by atoms with Crippen molar-refractivity contribution < 1.29 is 27.5 Å². The first-order chi connectivity index (χ1) is 16.7. The van der Waals surface area contributed by atoms with Crippen LogP contribution in [0.3, 0.4) is 0 Å². The summed E-state index contributed by atoms with van der Waals surface area (Å²) in [7, 11) is -3.91. The molecule has 9 heteroatoms. The molecule has 1 aliphatic rings. The van der Waals surface area contributed by atoms with Crippen LogP contribution in [0.4, 0.5) is 4.39 Å². The number of aliphatic carboxylic acids is 1.